The Labute approximate surface area is 173 Å². The van der Waals surface area contributed by atoms with Gasteiger partial charge in [-0.05, 0) is 44.5 Å². The van der Waals surface area contributed by atoms with Crippen molar-refractivity contribution in [2.45, 2.75) is 27.7 Å². The van der Waals surface area contributed by atoms with Crippen molar-refractivity contribution < 1.29 is 23.9 Å². The third-order valence-electron chi connectivity index (χ3n) is 4.08. The lowest BCUT2D eigenvalue weighted by Gasteiger charge is -2.13. The van der Waals surface area contributed by atoms with Gasteiger partial charge in [-0.2, -0.15) is 0 Å². The summed E-state index contributed by atoms with van der Waals surface area (Å²) in [5, 5.41) is 8.91. The summed E-state index contributed by atoms with van der Waals surface area (Å²) < 4.78 is 10.4. The summed E-state index contributed by atoms with van der Waals surface area (Å²) >= 11 is 1.33. The first kappa shape index (κ1) is 22.2. The first-order valence-electron chi connectivity index (χ1n) is 9.03. The molecule has 29 heavy (non-hydrogen) atoms. The zero-order chi connectivity index (χ0) is 21.6. The van der Waals surface area contributed by atoms with Gasteiger partial charge in [0.15, 0.2) is 0 Å². The fraction of sp³-hybridized carbons (Fsp3) is 0.350. The predicted octanol–water partition coefficient (Wildman–Crippen LogP) is 3.56. The summed E-state index contributed by atoms with van der Waals surface area (Å²) in [6, 6.07) is 5.07. The number of nitrogens with one attached hydrogen (secondary N) is 3. The van der Waals surface area contributed by atoms with Crippen LogP contribution in [0.1, 0.15) is 34.6 Å². The lowest BCUT2D eigenvalue weighted by molar-refractivity contribution is -0.115. The van der Waals surface area contributed by atoms with E-state index in [0.29, 0.717) is 27.7 Å². The van der Waals surface area contributed by atoms with Crippen LogP contribution in [0.25, 0.3) is 0 Å². The Morgan fingerprint density at radius 3 is 2.48 bits per heavy atom. The molecule has 0 unspecified atom stereocenters. The third kappa shape index (κ3) is 5.71. The van der Waals surface area contributed by atoms with Crippen molar-refractivity contribution >= 4 is 45.5 Å². The molecule has 0 atom stereocenters. The molecule has 0 saturated carbocycles. The van der Waals surface area contributed by atoms with Crippen LogP contribution in [0.5, 0.6) is 5.75 Å². The molecule has 0 radical (unpaired) electrons. The van der Waals surface area contributed by atoms with Gasteiger partial charge in [-0.25, -0.2) is 4.79 Å². The molecule has 2 aromatic rings. The Kier molecular flexibility index (Phi) is 7.60. The molecule has 0 aliphatic heterocycles. The average Bonchev–Trinajstić information content (AvgIpc) is 2.93. The molecule has 8 nitrogen and oxygen atoms in total. The van der Waals surface area contributed by atoms with Gasteiger partial charge < -0.3 is 25.4 Å². The Morgan fingerprint density at radius 1 is 1.14 bits per heavy atom. The minimum Gasteiger partial charge on any atom is -0.495 e. The molecule has 0 fully saturated rings. The van der Waals surface area contributed by atoms with Crippen LogP contribution in [0.2, 0.25) is 0 Å². The number of ether oxygens (including phenoxy) is 2. The molecule has 0 saturated heterocycles. The second-order valence-electron chi connectivity index (χ2n) is 6.21. The van der Waals surface area contributed by atoms with Crippen molar-refractivity contribution in [2.24, 2.45) is 0 Å². The molecule has 9 heteroatoms. The lowest BCUT2D eigenvalue weighted by atomic mass is 10.1. The summed E-state index contributed by atoms with van der Waals surface area (Å²) in [4.78, 5) is 36.9. The highest BCUT2D eigenvalue weighted by molar-refractivity contribution is 7.16. The van der Waals surface area contributed by atoms with E-state index in [4.69, 9.17) is 9.47 Å². The number of carbonyl (C=O) groups is 3. The molecule has 2 rings (SSSR count). The highest BCUT2D eigenvalue weighted by Crippen LogP contribution is 2.33. The molecule has 0 aliphatic carbocycles. The molecule has 0 bridgehead atoms. The zero-order valence-corrected chi connectivity index (χ0v) is 17.9. The van der Waals surface area contributed by atoms with E-state index in [0.717, 1.165) is 10.4 Å². The van der Waals surface area contributed by atoms with E-state index in [-0.39, 0.29) is 25.0 Å². The number of aryl methyl sites for hydroxylation is 1. The van der Waals surface area contributed by atoms with Crippen molar-refractivity contribution in [3.63, 3.8) is 0 Å². The van der Waals surface area contributed by atoms with E-state index in [1.165, 1.54) is 25.4 Å². The molecule has 0 spiro atoms. The van der Waals surface area contributed by atoms with Crippen molar-refractivity contribution in [1.29, 1.82) is 0 Å². The lowest BCUT2D eigenvalue weighted by Crippen LogP contribution is -2.23. The van der Waals surface area contributed by atoms with Gasteiger partial charge in [-0.3, -0.25) is 9.59 Å². The molecule has 2 amide bonds. The first-order chi connectivity index (χ1) is 13.8. The van der Waals surface area contributed by atoms with Crippen molar-refractivity contribution in [1.82, 2.24) is 0 Å². The van der Waals surface area contributed by atoms with Gasteiger partial charge in [0.25, 0.3) is 0 Å². The van der Waals surface area contributed by atoms with E-state index in [1.54, 1.807) is 25.1 Å². The topological polar surface area (TPSA) is 106 Å². The largest absolute Gasteiger partial charge is 0.495 e. The van der Waals surface area contributed by atoms with E-state index in [2.05, 4.69) is 16.0 Å². The number of esters is 1. The van der Waals surface area contributed by atoms with Gasteiger partial charge in [-0.1, -0.05) is 0 Å². The summed E-state index contributed by atoms with van der Waals surface area (Å²) in [5.41, 5.74) is 2.31. The van der Waals surface area contributed by atoms with Gasteiger partial charge in [0.05, 0.1) is 31.5 Å². The summed E-state index contributed by atoms with van der Waals surface area (Å²) in [7, 11) is 1.52. The molecule has 0 aliphatic rings. The number of thiophene rings is 1. The van der Waals surface area contributed by atoms with Gasteiger partial charge in [0.2, 0.25) is 11.8 Å². The SMILES string of the molecule is CCOC(=O)c1c(NC(=O)CNc2cc(NC(C)=O)ccc2OC)sc(C)c1C. The second kappa shape index (κ2) is 9.92. The van der Waals surface area contributed by atoms with Crippen molar-refractivity contribution in [3.05, 3.63) is 34.2 Å². The summed E-state index contributed by atoms with van der Waals surface area (Å²) in [6.45, 7) is 7.05. The number of anilines is 3. The minimum absolute atomic E-state index is 0.0574. The van der Waals surface area contributed by atoms with E-state index in [1.807, 2.05) is 13.8 Å². The van der Waals surface area contributed by atoms with Crippen LogP contribution in [-0.2, 0) is 14.3 Å². The highest BCUT2D eigenvalue weighted by Gasteiger charge is 2.22. The van der Waals surface area contributed by atoms with Crippen LogP contribution in [0, 0.1) is 13.8 Å². The van der Waals surface area contributed by atoms with Crippen LogP contribution in [0.3, 0.4) is 0 Å². The van der Waals surface area contributed by atoms with Crippen LogP contribution in [-0.4, -0.2) is 38.0 Å². The first-order valence-corrected chi connectivity index (χ1v) is 9.84. The molecular formula is C20H25N3O5S. The van der Waals surface area contributed by atoms with Gasteiger partial charge >= 0.3 is 5.97 Å². The summed E-state index contributed by atoms with van der Waals surface area (Å²) in [6.07, 6.45) is 0. The Balaban J connectivity index is 2.12. The number of methoxy groups -OCH3 is 1. The number of carbonyl (C=O) groups excluding carboxylic acids is 3. The van der Waals surface area contributed by atoms with Crippen molar-refractivity contribution in [3.8, 4) is 5.75 Å². The van der Waals surface area contributed by atoms with Crippen LogP contribution in [0.15, 0.2) is 18.2 Å². The fourth-order valence-electron chi connectivity index (χ4n) is 2.64. The standard InChI is InChI=1S/C20H25N3O5S/c1-6-28-20(26)18-11(2)12(3)29-19(18)23-17(25)10-21-15-9-14(22-13(4)24)7-8-16(15)27-5/h7-9,21H,6,10H2,1-5H3,(H,22,24)(H,23,25). The maximum atomic E-state index is 12.5. The van der Waals surface area contributed by atoms with Gasteiger partial charge in [0, 0.05) is 17.5 Å². The predicted molar refractivity (Wildman–Crippen MR) is 114 cm³/mol. The maximum Gasteiger partial charge on any atom is 0.341 e. The number of hydrogen-bond acceptors (Lipinski definition) is 7. The third-order valence-corrected chi connectivity index (χ3v) is 5.20. The normalized spacial score (nSPS) is 10.2. The Morgan fingerprint density at radius 2 is 1.86 bits per heavy atom. The molecule has 1 aromatic heterocycles. The number of rotatable bonds is 8. The Hall–Kier alpha value is -3.07. The quantitative estimate of drug-likeness (QED) is 0.565. The number of hydrogen-bond donors (Lipinski definition) is 3. The smallest absolute Gasteiger partial charge is 0.341 e. The molecule has 3 N–H and O–H groups in total. The average molecular weight is 420 g/mol. The second-order valence-corrected chi connectivity index (χ2v) is 7.43. The summed E-state index contributed by atoms with van der Waals surface area (Å²) in [5.74, 6) is -0.457. The van der Waals surface area contributed by atoms with Gasteiger partial charge in [0.1, 0.15) is 10.8 Å². The molecule has 156 valence electrons. The van der Waals surface area contributed by atoms with Crippen LogP contribution >= 0.6 is 11.3 Å². The zero-order valence-electron chi connectivity index (χ0n) is 17.1. The fourth-order valence-corrected chi connectivity index (χ4v) is 3.70. The molecular weight excluding hydrogens is 394 g/mol. The monoisotopic (exact) mass is 419 g/mol. The maximum absolute atomic E-state index is 12.5. The number of benzene rings is 1. The van der Waals surface area contributed by atoms with Crippen LogP contribution < -0.4 is 20.7 Å². The van der Waals surface area contributed by atoms with Crippen LogP contribution in [0.4, 0.5) is 16.4 Å². The molecule has 1 aromatic carbocycles. The van der Waals surface area contributed by atoms with E-state index >= 15 is 0 Å². The highest BCUT2D eigenvalue weighted by atomic mass is 32.1. The Bertz CT molecular complexity index is 923. The van der Waals surface area contributed by atoms with Crippen molar-refractivity contribution in [2.75, 3.05) is 36.2 Å². The minimum atomic E-state index is -0.456. The molecule has 1 heterocycles. The van der Waals surface area contributed by atoms with E-state index in [9.17, 15) is 14.4 Å². The van der Waals surface area contributed by atoms with Gasteiger partial charge in [-0.15, -0.1) is 11.3 Å². The number of amides is 2. The van der Waals surface area contributed by atoms with E-state index < -0.39 is 5.97 Å².